The molecule has 2 saturated heterocycles. The van der Waals surface area contributed by atoms with Gasteiger partial charge in [-0.05, 0) is 33.1 Å². The van der Waals surface area contributed by atoms with Crippen molar-refractivity contribution in [3.05, 3.63) is 0 Å². The van der Waals surface area contributed by atoms with Crippen molar-refractivity contribution in [3.8, 4) is 0 Å². The lowest BCUT2D eigenvalue weighted by molar-refractivity contribution is -0.138. The molecule has 2 aliphatic heterocycles. The van der Waals surface area contributed by atoms with E-state index in [9.17, 15) is 9.59 Å². The monoisotopic (exact) mass is 284 g/mol. The number of nitrogens with zero attached hydrogens (tertiary/aromatic N) is 1. The van der Waals surface area contributed by atoms with Crippen molar-refractivity contribution >= 4 is 23.6 Å². The van der Waals surface area contributed by atoms with Crippen molar-refractivity contribution in [2.75, 3.05) is 5.75 Å². The topological polar surface area (TPSA) is 49.4 Å². The number of thioether (sulfide) groups is 1. The third-order valence-corrected chi connectivity index (χ3v) is 6.24. The van der Waals surface area contributed by atoms with Crippen LogP contribution in [0, 0.1) is 0 Å². The fourth-order valence-corrected chi connectivity index (χ4v) is 4.25. The van der Waals surface area contributed by atoms with Crippen molar-refractivity contribution in [2.24, 2.45) is 0 Å². The number of fused-ring (bicyclic) bond motifs is 1. The molecule has 2 heterocycles. The van der Waals surface area contributed by atoms with Gasteiger partial charge in [-0.25, -0.2) is 0 Å². The molecule has 0 radical (unpaired) electrons. The van der Waals surface area contributed by atoms with Gasteiger partial charge in [0.05, 0.1) is 4.87 Å². The Morgan fingerprint density at radius 1 is 1.53 bits per heavy atom. The van der Waals surface area contributed by atoms with Crippen LogP contribution in [-0.4, -0.2) is 38.9 Å². The number of carbonyl (C=O) groups is 2. The molecule has 0 aromatic heterocycles. The van der Waals surface area contributed by atoms with Crippen molar-refractivity contribution in [2.45, 2.75) is 69.8 Å². The molecule has 0 aliphatic carbocycles. The molecule has 2 rings (SSSR count). The van der Waals surface area contributed by atoms with Crippen LogP contribution in [0.1, 0.15) is 53.4 Å². The molecule has 2 fully saturated rings. The van der Waals surface area contributed by atoms with Gasteiger partial charge in [-0.2, -0.15) is 0 Å². The highest BCUT2D eigenvalue weighted by Crippen LogP contribution is 2.47. The van der Waals surface area contributed by atoms with Gasteiger partial charge < -0.3 is 10.2 Å². The zero-order valence-electron chi connectivity index (χ0n) is 12.3. The van der Waals surface area contributed by atoms with Gasteiger partial charge in [0, 0.05) is 17.7 Å². The minimum atomic E-state index is -0.289. The van der Waals surface area contributed by atoms with Gasteiger partial charge in [0.25, 0.3) is 0 Å². The van der Waals surface area contributed by atoms with E-state index in [0.29, 0.717) is 6.42 Å². The molecule has 0 saturated carbocycles. The molecule has 2 aliphatic rings. The van der Waals surface area contributed by atoms with Gasteiger partial charge in [-0.3, -0.25) is 9.59 Å². The van der Waals surface area contributed by atoms with E-state index in [2.05, 4.69) is 33.0 Å². The second-order valence-electron chi connectivity index (χ2n) is 6.02. The molecular weight excluding hydrogens is 260 g/mol. The Morgan fingerprint density at radius 2 is 2.16 bits per heavy atom. The first-order valence-electron chi connectivity index (χ1n) is 7.13. The van der Waals surface area contributed by atoms with Crippen molar-refractivity contribution in [1.82, 2.24) is 10.2 Å². The molecular formula is C14H24N2O2S. The van der Waals surface area contributed by atoms with E-state index in [4.69, 9.17) is 0 Å². The highest BCUT2D eigenvalue weighted by Gasteiger charge is 2.53. The van der Waals surface area contributed by atoms with Crippen LogP contribution in [0.3, 0.4) is 0 Å². The molecule has 0 bridgehead atoms. The Bertz CT molecular complexity index is 395. The maximum atomic E-state index is 12.5. The molecule has 4 nitrogen and oxygen atoms in total. The van der Waals surface area contributed by atoms with Gasteiger partial charge in [0.2, 0.25) is 11.8 Å². The number of hydrogen-bond acceptors (Lipinski definition) is 3. The van der Waals surface area contributed by atoms with Gasteiger partial charge in [0.15, 0.2) is 0 Å². The van der Waals surface area contributed by atoms with E-state index in [-0.39, 0.29) is 28.3 Å². The normalized spacial score (nSPS) is 30.6. The number of nitrogens with one attached hydrogen (secondary N) is 1. The first kappa shape index (κ1) is 14.7. The summed E-state index contributed by atoms with van der Waals surface area (Å²) in [4.78, 5) is 26.2. The fourth-order valence-electron chi connectivity index (χ4n) is 2.82. The van der Waals surface area contributed by atoms with Crippen molar-refractivity contribution in [3.63, 3.8) is 0 Å². The van der Waals surface area contributed by atoms with Crippen LogP contribution in [0.25, 0.3) is 0 Å². The molecule has 5 heteroatoms. The van der Waals surface area contributed by atoms with Gasteiger partial charge >= 0.3 is 0 Å². The lowest BCUT2D eigenvalue weighted by Crippen LogP contribution is -2.55. The summed E-state index contributed by atoms with van der Waals surface area (Å²) in [6.07, 6.45) is 3.24. The van der Waals surface area contributed by atoms with Crippen LogP contribution in [0.15, 0.2) is 0 Å². The molecule has 0 unspecified atom stereocenters. The van der Waals surface area contributed by atoms with Gasteiger partial charge in [0.1, 0.15) is 6.04 Å². The standard InChI is InChI=1S/C14H24N2O2S/c1-5-13(3,6-2)15-12(18)10-9-19-14(4)8-7-11(17)16(10)14/h10H,5-9H2,1-4H3,(H,15,18)/t10-,14-/m0/s1. The third-order valence-electron chi connectivity index (χ3n) is 4.73. The summed E-state index contributed by atoms with van der Waals surface area (Å²) in [7, 11) is 0. The van der Waals surface area contributed by atoms with Crippen molar-refractivity contribution in [1.29, 1.82) is 0 Å². The number of carbonyl (C=O) groups excluding carboxylic acids is 2. The molecule has 108 valence electrons. The first-order valence-corrected chi connectivity index (χ1v) is 8.12. The second-order valence-corrected chi connectivity index (χ2v) is 7.52. The Hall–Kier alpha value is -0.710. The quantitative estimate of drug-likeness (QED) is 0.860. The van der Waals surface area contributed by atoms with Gasteiger partial charge in [-0.1, -0.05) is 13.8 Å². The van der Waals surface area contributed by atoms with Crippen LogP contribution in [0.5, 0.6) is 0 Å². The molecule has 19 heavy (non-hydrogen) atoms. The van der Waals surface area contributed by atoms with E-state index in [1.165, 1.54) is 0 Å². The highest BCUT2D eigenvalue weighted by molar-refractivity contribution is 8.01. The average molecular weight is 284 g/mol. The number of hydrogen-bond donors (Lipinski definition) is 1. The largest absolute Gasteiger partial charge is 0.349 e. The van der Waals surface area contributed by atoms with Crippen LogP contribution in [0.2, 0.25) is 0 Å². The van der Waals surface area contributed by atoms with E-state index in [1.807, 2.05) is 4.90 Å². The Labute approximate surface area is 119 Å². The summed E-state index contributed by atoms with van der Waals surface area (Å²) in [5.74, 6) is 0.859. The minimum Gasteiger partial charge on any atom is -0.349 e. The van der Waals surface area contributed by atoms with Crippen LogP contribution >= 0.6 is 11.8 Å². The van der Waals surface area contributed by atoms with E-state index < -0.39 is 0 Å². The Morgan fingerprint density at radius 3 is 2.74 bits per heavy atom. The highest BCUT2D eigenvalue weighted by atomic mass is 32.2. The maximum absolute atomic E-state index is 12.5. The zero-order chi connectivity index (χ0) is 14.3. The summed E-state index contributed by atoms with van der Waals surface area (Å²) in [5, 5.41) is 3.14. The predicted molar refractivity (Wildman–Crippen MR) is 77.9 cm³/mol. The fraction of sp³-hybridized carbons (Fsp3) is 0.857. The number of amides is 2. The molecule has 0 aromatic rings. The smallest absolute Gasteiger partial charge is 0.244 e. The van der Waals surface area contributed by atoms with E-state index >= 15 is 0 Å². The SMILES string of the molecule is CCC(C)(CC)NC(=O)[C@@H]1CS[C@@]2(C)CCC(=O)N12. The first-order chi connectivity index (χ1) is 8.85. The lowest BCUT2D eigenvalue weighted by Gasteiger charge is -2.34. The molecule has 2 amide bonds. The summed E-state index contributed by atoms with van der Waals surface area (Å²) in [6.45, 7) is 8.31. The predicted octanol–water partition coefficient (Wildman–Crippen LogP) is 2.14. The maximum Gasteiger partial charge on any atom is 0.244 e. The second kappa shape index (κ2) is 5.00. The average Bonchev–Trinajstić information content (AvgIpc) is 2.87. The van der Waals surface area contributed by atoms with E-state index in [1.54, 1.807) is 11.8 Å². The third kappa shape index (κ3) is 2.49. The van der Waals surface area contributed by atoms with Gasteiger partial charge in [-0.15, -0.1) is 11.8 Å². The molecule has 0 spiro atoms. The molecule has 1 N–H and O–H groups in total. The van der Waals surface area contributed by atoms with Crippen LogP contribution in [-0.2, 0) is 9.59 Å². The molecule has 2 atom stereocenters. The molecule has 0 aromatic carbocycles. The van der Waals surface area contributed by atoms with Crippen LogP contribution in [0.4, 0.5) is 0 Å². The summed E-state index contributed by atoms with van der Waals surface area (Å²) >= 11 is 1.74. The summed E-state index contributed by atoms with van der Waals surface area (Å²) in [6, 6.07) is -0.289. The van der Waals surface area contributed by atoms with Crippen molar-refractivity contribution < 1.29 is 9.59 Å². The van der Waals surface area contributed by atoms with E-state index in [0.717, 1.165) is 25.0 Å². The summed E-state index contributed by atoms with van der Waals surface area (Å²) < 4.78 is 0. The lowest BCUT2D eigenvalue weighted by atomic mass is 9.95. The Balaban J connectivity index is 2.11. The zero-order valence-corrected chi connectivity index (χ0v) is 13.1. The summed E-state index contributed by atoms with van der Waals surface area (Å²) in [5.41, 5.74) is -0.163. The minimum absolute atomic E-state index is 0.0117. The van der Waals surface area contributed by atoms with Crippen LogP contribution < -0.4 is 5.32 Å². The Kier molecular flexibility index (Phi) is 3.87. The number of rotatable bonds is 4.